The Morgan fingerprint density at radius 1 is 1.38 bits per heavy atom. The highest BCUT2D eigenvalue weighted by Gasteiger charge is 1.91. The molecule has 0 unspecified atom stereocenters. The summed E-state index contributed by atoms with van der Waals surface area (Å²) in [5.41, 5.74) is 0. The van der Waals surface area contributed by atoms with Crippen LogP contribution in [0.2, 0.25) is 0 Å². The monoisotopic (exact) mass is 192 g/mol. The van der Waals surface area contributed by atoms with E-state index in [0.29, 0.717) is 6.61 Å². The zero-order chi connectivity index (χ0) is 11.1. The van der Waals surface area contributed by atoms with Gasteiger partial charge in [-0.25, -0.2) is 4.79 Å². The average Bonchev–Trinajstić information content (AvgIpc) is 2.24. The number of carbonyl (C=O) groups excluding carboxylic acids is 1. The fraction of sp³-hybridized carbons (Fsp3) is 0.667. The fourth-order valence-electron chi connectivity index (χ4n) is 0.376. The van der Waals surface area contributed by atoms with E-state index in [2.05, 4.69) is 11.3 Å². The standard InChI is InChI=1S/C7H12O2.2CH4O/c1-3-5-6-9-7(8)4-2;2*1-2/h4H,2-3,5-6H2,1H3;2*2H,1H3. The summed E-state index contributed by atoms with van der Waals surface area (Å²) in [4.78, 5) is 10.3. The minimum Gasteiger partial charge on any atom is -0.463 e. The van der Waals surface area contributed by atoms with Gasteiger partial charge in [0.25, 0.3) is 0 Å². The summed E-state index contributed by atoms with van der Waals surface area (Å²) in [6, 6.07) is 0. The normalized spacial score (nSPS) is 6.85. The quantitative estimate of drug-likeness (QED) is 0.391. The number of carbonyl (C=O) groups is 1. The SMILES string of the molecule is C=CC(=O)OCCCC.CO.CO. The van der Waals surface area contributed by atoms with E-state index in [1.807, 2.05) is 6.92 Å². The van der Waals surface area contributed by atoms with E-state index in [-0.39, 0.29) is 5.97 Å². The number of aliphatic hydroxyl groups is 2. The molecule has 0 heterocycles. The number of ether oxygens (including phenoxy) is 1. The van der Waals surface area contributed by atoms with Crippen LogP contribution in [0, 0.1) is 0 Å². The van der Waals surface area contributed by atoms with Crippen LogP contribution in [-0.4, -0.2) is 37.0 Å². The van der Waals surface area contributed by atoms with E-state index >= 15 is 0 Å². The third kappa shape index (κ3) is 24.7. The maximum Gasteiger partial charge on any atom is 0.330 e. The molecule has 4 heteroatoms. The van der Waals surface area contributed by atoms with Crippen molar-refractivity contribution in [1.29, 1.82) is 0 Å². The fourth-order valence-corrected chi connectivity index (χ4v) is 0.376. The molecule has 13 heavy (non-hydrogen) atoms. The third-order valence-corrected chi connectivity index (χ3v) is 0.909. The number of rotatable bonds is 4. The highest BCUT2D eigenvalue weighted by atomic mass is 16.5. The largest absolute Gasteiger partial charge is 0.463 e. The van der Waals surface area contributed by atoms with Crippen LogP contribution in [0.5, 0.6) is 0 Å². The van der Waals surface area contributed by atoms with Crippen molar-refractivity contribution in [1.82, 2.24) is 0 Å². The molecule has 4 nitrogen and oxygen atoms in total. The lowest BCUT2D eigenvalue weighted by molar-refractivity contribution is -0.137. The second-order valence-electron chi connectivity index (χ2n) is 1.73. The van der Waals surface area contributed by atoms with E-state index < -0.39 is 0 Å². The summed E-state index contributed by atoms with van der Waals surface area (Å²) in [6.07, 6.45) is 3.15. The third-order valence-electron chi connectivity index (χ3n) is 0.909. The Morgan fingerprint density at radius 2 is 1.85 bits per heavy atom. The Labute approximate surface area is 79.8 Å². The van der Waals surface area contributed by atoms with E-state index in [9.17, 15) is 4.79 Å². The second kappa shape index (κ2) is 22.5. The molecule has 0 saturated heterocycles. The molecular weight excluding hydrogens is 172 g/mol. The number of esters is 1. The van der Waals surface area contributed by atoms with Gasteiger partial charge in [0.15, 0.2) is 0 Å². The number of unbranched alkanes of at least 4 members (excludes halogenated alkanes) is 1. The van der Waals surface area contributed by atoms with Gasteiger partial charge in [-0.15, -0.1) is 0 Å². The molecule has 2 N–H and O–H groups in total. The molecule has 0 bridgehead atoms. The van der Waals surface area contributed by atoms with Crippen molar-refractivity contribution in [3.05, 3.63) is 12.7 Å². The zero-order valence-corrected chi connectivity index (χ0v) is 8.62. The lowest BCUT2D eigenvalue weighted by atomic mass is 10.4. The summed E-state index contributed by atoms with van der Waals surface area (Å²) < 4.78 is 4.67. The molecule has 0 aromatic heterocycles. The topological polar surface area (TPSA) is 66.8 Å². The smallest absolute Gasteiger partial charge is 0.330 e. The van der Waals surface area contributed by atoms with Crippen molar-refractivity contribution in [3.63, 3.8) is 0 Å². The number of hydrogen-bond acceptors (Lipinski definition) is 4. The summed E-state index contributed by atoms with van der Waals surface area (Å²) >= 11 is 0. The molecule has 0 amide bonds. The number of hydrogen-bond donors (Lipinski definition) is 2. The Hall–Kier alpha value is -0.870. The van der Waals surface area contributed by atoms with E-state index in [4.69, 9.17) is 10.2 Å². The summed E-state index contributed by atoms with van der Waals surface area (Å²) in [6.45, 7) is 5.82. The average molecular weight is 192 g/mol. The molecule has 0 aliphatic carbocycles. The summed E-state index contributed by atoms with van der Waals surface area (Å²) in [7, 11) is 2.00. The molecule has 0 aliphatic heterocycles. The highest BCUT2D eigenvalue weighted by molar-refractivity contribution is 5.81. The van der Waals surface area contributed by atoms with Crippen molar-refractivity contribution >= 4 is 5.97 Å². The van der Waals surface area contributed by atoms with Gasteiger partial charge in [0.05, 0.1) is 6.61 Å². The lowest BCUT2D eigenvalue weighted by Crippen LogP contribution is -2.00. The molecule has 0 spiro atoms. The first-order valence-corrected chi connectivity index (χ1v) is 4.00. The van der Waals surface area contributed by atoms with Gasteiger partial charge in [-0.2, -0.15) is 0 Å². The minimum absolute atomic E-state index is 0.330. The van der Waals surface area contributed by atoms with Gasteiger partial charge in [0.2, 0.25) is 0 Å². The molecule has 0 aromatic carbocycles. The Kier molecular flexibility index (Phi) is 31.2. The van der Waals surface area contributed by atoms with Crippen LogP contribution in [0.3, 0.4) is 0 Å². The van der Waals surface area contributed by atoms with Gasteiger partial charge in [-0.1, -0.05) is 19.9 Å². The lowest BCUT2D eigenvalue weighted by Gasteiger charge is -1.97. The molecule has 0 aromatic rings. The van der Waals surface area contributed by atoms with Crippen molar-refractivity contribution in [3.8, 4) is 0 Å². The van der Waals surface area contributed by atoms with Gasteiger partial charge in [-0.3, -0.25) is 0 Å². The molecule has 0 saturated carbocycles. The van der Waals surface area contributed by atoms with Crippen molar-refractivity contribution in [2.24, 2.45) is 0 Å². The molecule has 0 rings (SSSR count). The van der Waals surface area contributed by atoms with Gasteiger partial charge >= 0.3 is 5.97 Å². The molecular formula is C9H20O4. The van der Waals surface area contributed by atoms with E-state index in [1.54, 1.807) is 0 Å². The Morgan fingerprint density at radius 3 is 2.15 bits per heavy atom. The summed E-state index contributed by atoms with van der Waals surface area (Å²) in [5, 5.41) is 14.0. The first-order chi connectivity index (χ1) is 6.31. The maximum atomic E-state index is 10.3. The second-order valence-corrected chi connectivity index (χ2v) is 1.73. The van der Waals surface area contributed by atoms with Crippen molar-refractivity contribution in [2.45, 2.75) is 19.8 Å². The first kappa shape index (κ1) is 18.0. The van der Waals surface area contributed by atoms with Gasteiger partial charge in [0.1, 0.15) is 0 Å². The number of aliphatic hydroxyl groups excluding tert-OH is 2. The molecule has 80 valence electrons. The predicted octanol–water partition coefficient (Wildman–Crippen LogP) is 0.733. The van der Waals surface area contributed by atoms with Gasteiger partial charge in [-0.05, 0) is 6.42 Å². The van der Waals surface area contributed by atoms with E-state index in [1.165, 1.54) is 6.08 Å². The highest BCUT2D eigenvalue weighted by Crippen LogP contribution is 1.88. The van der Waals surface area contributed by atoms with Gasteiger partial charge in [0, 0.05) is 20.3 Å². The zero-order valence-electron chi connectivity index (χ0n) is 8.62. The first-order valence-electron chi connectivity index (χ1n) is 4.00. The molecule has 0 fully saturated rings. The van der Waals surface area contributed by atoms with Gasteiger partial charge < -0.3 is 14.9 Å². The van der Waals surface area contributed by atoms with Crippen LogP contribution in [0.15, 0.2) is 12.7 Å². The predicted molar refractivity (Wildman–Crippen MR) is 52.3 cm³/mol. The molecule has 0 atom stereocenters. The Bertz CT molecular complexity index is 102. The Balaban J connectivity index is -0.000000218. The minimum atomic E-state index is -0.330. The summed E-state index contributed by atoms with van der Waals surface area (Å²) in [5.74, 6) is -0.330. The molecule has 0 aliphatic rings. The van der Waals surface area contributed by atoms with Crippen LogP contribution >= 0.6 is 0 Å². The van der Waals surface area contributed by atoms with Crippen molar-refractivity contribution in [2.75, 3.05) is 20.8 Å². The van der Waals surface area contributed by atoms with Crippen LogP contribution in [0.25, 0.3) is 0 Å². The molecule has 0 radical (unpaired) electrons. The van der Waals surface area contributed by atoms with Crippen LogP contribution < -0.4 is 0 Å². The van der Waals surface area contributed by atoms with Crippen LogP contribution in [-0.2, 0) is 9.53 Å². The van der Waals surface area contributed by atoms with Crippen molar-refractivity contribution < 1.29 is 19.7 Å². The van der Waals surface area contributed by atoms with Crippen LogP contribution in [0.1, 0.15) is 19.8 Å². The van der Waals surface area contributed by atoms with Crippen LogP contribution in [0.4, 0.5) is 0 Å². The van der Waals surface area contributed by atoms with E-state index in [0.717, 1.165) is 27.1 Å². The maximum absolute atomic E-state index is 10.3.